The Hall–Kier alpha value is -0.320. The number of methoxy groups -OCH3 is 3. The fourth-order valence-corrected chi connectivity index (χ4v) is 1.76. The van der Waals surface area contributed by atoms with Crippen LogP contribution in [0.25, 0.3) is 0 Å². The Bertz CT molecular complexity index is 227. The summed E-state index contributed by atoms with van der Waals surface area (Å²) in [5.41, 5.74) is 0. The summed E-state index contributed by atoms with van der Waals surface area (Å²) >= 11 is 0. The molecular formula is C11H22O8. The molecule has 0 aromatic carbocycles. The molecular weight excluding hydrogens is 260 g/mol. The molecule has 1 fully saturated rings. The Morgan fingerprint density at radius 1 is 0.895 bits per heavy atom. The molecule has 19 heavy (non-hydrogen) atoms. The van der Waals surface area contributed by atoms with Crippen LogP contribution in [0.15, 0.2) is 0 Å². The molecule has 114 valence electrons. The van der Waals surface area contributed by atoms with Crippen molar-refractivity contribution in [3.05, 3.63) is 0 Å². The van der Waals surface area contributed by atoms with Gasteiger partial charge in [-0.25, -0.2) is 0 Å². The number of rotatable bonds is 10. The standard InChI is InChI=1S/C11H22O8/c1-13-5-16-4-8-9(17-6-14-2)10(11(12)19-8)18-7-15-3/h8-12H,4-7H2,1-3H3/t8-,9?,10?,11-/m1/s1. The van der Waals surface area contributed by atoms with E-state index in [0.29, 0.717) is 0 Å². The highest BCUT2D eigenvalue weighted by atomic mass is 16.7. The Balaban J connectivity index is 2.52. The molecule has 0 aromatic rings. The predicted octanol–water partition coefficient (Wildman–Crippen LogP) is -0.698. The van der Waals surface area contributed by atoms with E-state index in [4.69, 9.17) is 33.2 Å². The molecule has 2 unspecified atom stereocenters. The molecule has 1 rings (SSSR count). The van der Waals surface area contributed by atoms with Crippen molar-refractivity contribution in [3.8, 4) is 0 Å². The molecule has 0 aromatic heterocycles. The van der Waals surface area contributed by atoms with Gasteiger partial charge in [0, 0.05) is 21.3 Å². The van der Waals surface area contributed by atoms with Crippen LogP contribution in [0.3, 0.4) is 0 Å². The van der Waals surface area contributed by atoms with Crippen LogP contribution in [-0.2, 0) is 33.2 Å². The summed E-state index contributed by atoms with van der Waals surface area (Å²) in [5, 5.41) is 9.80. The van der Waals surface area contributed by atoms with Gasteiger partial charge in [0.25, 0.3) is 0 Å². The summed E-state index contributed by atoms with van der Waals surface area (Å²) in [5.74, 6) is 0. The fraction of sp³-hybridized carbons (Fsp3) is 1.00. The quantitative estimate of drug-likeness (QED) is 0.416. The first kappa shape index (κ1) is 16.7. The first-order valence-corrected chi connectivity index (χ1v) is 5.85. The Kier molecular flexibility index (Phi) is 8.42. The predicted molar refractivity (Wildman–Crippen MR) is 62.2 cm³/mol. The van der Waals surface area contributed by atoms with Crippen LogP contribution in [0.2, 0.25) is 0 Å². The van der Waals surface area contributed by atoms with Crippen molar-refractivity contribution in [1.29, 1.82) is 0 Å². The van der Waals surface area contributed by atoms with Crippen molar-refractivity contribution in [2.24, 2.45) is 0 Å². The maximum atomic E-state index is 9.80. The second kappa shape index (κ2) is 9.56. The van der Waals surface area contributed by atoms with E-state index in [9.17, 15) is 5.11 Å². The Morgan fingerprint density at radius 3 is 2.05 bits per heavy atom. The lowest BCUT2D eigenvalue weighted by molar-refractivity contribution is -0.182. The van der Waals surface area contributed by atoms with E-state index in [1.54, 1.807) is 0 Å². The van der Waals surface area contributed by atoms with Crippen molar-refractivity contribution in [3.63, 3.8) is 0 Å². The second-order valence-corrected chi connectivity index (χ2v) is 3.92. The summed E-state index contributed by atoms with van der Waals surface area (Å²) in [6.07, 6.45) is -2.75. The van der Waals surface area contributed by atoms with Crippen molar-refractivity contribution < 1.29 is 38.3 Å². The van der Waals surface area contributed by atoms with Gasteiger partial charge in [-0.3, -0.25) is 0 Å². The molecule has 0 radical (unpaired) electrons. The second-order valence-electron chi connectivity index (χ2n) is 3.92. The molecule has 0 amide bonds. The molecule has 1 heterocycles. The van der Waals surface area contributed by atoms with Crippen LogP contribution in [-0.4, -0.2) is 78.0 Å². The van der Waals surface area contributed by atoms with Gasteiger partial charge in [-0.2, -0.15) is 0 Å². The van der Waals surface area contributed by atoms with E-state index in [1.165, 1.54) is 21.3 Å². The van der Waals surface area contributed by atoms with Gasteiger partial charge in [-0.05, 0) is 0 Å². The minimum atomic E-state index is -1.10. The molecule has 0 saturated carbocycles. The number of ether oxygens (including phenoxy) is 7. The van der Waals surface area contributed by atoms with Gasteiger partial charge in [0.05, 0.1) is 6.61 Å². The third-order valence-electron chi connectivity index (χ3n) is 2.53. The maximum Gasteiger partial charge on any atom is 0.184 e. The number of aliphatic hydroxyl groups excluding tert-OH is 1. The van der Waals surface area contributed by atoms with E-state index >= 15 is 0 Å². The zero-order chi connectivity index (χ0) is 14.1. The summed E-state index contributed by atoms with van der Waals surface area (Å²) < 4.78 is 35.8. The molecule has 1 saturated heterocycles. The summed E-state index contributed by atoms with van der Waals surface area (Å²) in [6.45, 7) is 0.445. The van der Waals surface area contributed by atoms with Gasteiger partial charge in [0.2, 0.25) is 0 Å². The van der Waals surface area contributed by atoms with Gasteiger partial charge >= 0.3 is 0 Å². The largest absolute Gasteiger partial charge is 0.366 e. The summed E-state index contributed by atoms with van der Waals surface area (Å²) in [4.78, 5) is 0. The van der Waals surface area contributed by atoms with E-state index in [1.807, 2.05) is 0 Å². The highest BCUT2D eigenvalue weighted by Gasteiger charge is 2.45. The normalized spacial score (nSPS) is 30.9. The SMILES string of the molecule is COCOC[C@H]1O[C@@H](O)C(OCOC)C1OCOC. The minimum absolute atomic E-state index is 0.0313. The molecule has 0 spiro atoms. The van der Waals surface area contributed by atoms with Gasteiger partial charge < -0.3 is 38.3 Å². The first-order valence-electron chi connectivity index (χ1n) is 5.85. The minimum Gasteiger partial charge on any atom is -0.366 e. The van der Waals surface area contributed by atoms with Crippen molar-refractivity contribution in [2.75, 3.05) is 48.3 Å². The summed E-state index contributed by atoms with van der Waals surface area (Å²) in [6, 6.07) is 0. The zero-order valence-corrected chi connectivity index (χ0v) is 11.4. The highest BCUT2D eigenvalue weighted by Crippen LogP contribution is 2.25. The van der Waals surface area contributed by atoms with Gasteiger partial charge in [-0.1, -0.05) is 0 Å². The van der Waals surface area contributed by atoms with Gasteiger partial charge in [0.1, 0.15) is 38.7 Å². The molecule has 1 aliphatic heterocycles. The average Bonchev–Trinajstić information content (AvgIpc) is 2.70. The van der Waals surface area contributed by atoms with Gasteiger partial charge in [0.15, 0.2) is 6.29 Å². The van der Waals surface area contributed by atoms with E-state index in [0.717, 1.165) is 0 Å². The molecule has 4 atom stereocenters. The van der Waals surface area contributed by atoms with E-state index < -0.39 is 24.6 Å². The molecule has 1 aliphatic rings. The van der Waals surface area contributed by atoms with Crippen LogP contribution >= 0.6 is 0 Å². The molecule has 8 heteroatoms. The third kappa shape index (κ3) is 5.28. The summed E-state index contributed by atoms with van der Waals surface area (Å²) in [7, 11) is 4.52. The lowest BCUT2D eigenvalue weighted by Crippen LogP contribution is -2.40. The lowest BCUT2D eigenvalue weighted by Gasteiger charge is -2.22. The number of hydrogen-bond donors (Lipinski definition) is 1. The van der Waals surface area contributed by atoms with E-state index in [-0.39, 0.29) is 27.0 Å². The van der Waals surface area contributed by atoms with Crippen LogP contribution in [0.4, 0.5) is 0 Å². The van der Waals surface area contributed by atoms with Crippen molar-refractivity contribution in [1.82, 2.24) is 0 Å². The number of hydrogen-bond acceptors (Lipinski definition) is 8. The van der Waals surface area contributed by atoms with Crippen molar-refractivity contribution >= 4 is 0 Å². The monoisotopic (exact) mass is 282 g/mol. The average molecular weight is 282 g/mol. The first-order chi connectivity index (χ1) is 9.24. The highest BCUT2D eigenvalue weighted by molar-refractivity contribution is 4.88. The van der Waals surface area contributed by atoms with Crippen LogP contribution in [0.1, 0.15) is 0 Å². The van der Waals surface area contributed by atoms with Crippen LogP contribution in [0.5, 0.6) is 0 Å². The zero-order valence-electron chi connectivity index (χ0n) is 11.4. The molecule has 0 bridgehead atoms. The molecule has 8 nitrogen and oxygen atoms in total. The molecule has 1 N–H and O–H groups in total. The lowest BCUT2D eigenvalue weighted by atomic mass is 10.1. The van der Waals surface area contributed by atoms with Crippen molar-refractivity contribution in [2.45, 2.75) is 24.6 Å². The maximum absolute atomic E-state index is 9.80. The fourth-order valence-electron chi connectivity index (χ4n) is 1.76. The van der Waals surface area contributed by atoms with E-state index in [2.05, 4.69) is 0 Å². The van der Waals surface area contributed by atoms with Crippen LogP contribution in [0, 0.1) is 0 Å². The topological polar surface area (TPSA) is 84.8 Å². The third-order valence-corrected chi connectivity index (χ3v) is 2.53. The van der Waals surface area contributed by atoms with Gasteiger partial charge in [-0.15, -0.1) is 0 Å². The Morgan fingerprint density at radius 2 is 1.47 bits per heavy atom. The van der Waals surface area contributed by atoms with Crippen LogP contribution < -0.4 is 0 Å². The number of aliphatic hydroxyl groups is 1. The molecule has 0 aliphatic carbocycles. The smallest absolute Gasteiger partial charge is 0.184 e. The Labute approximate surface area is 112 Å².